The van der Waals surface area contributed by atoms with Gasteiger partial charge in [-0.25, -0.2) is 13.2 Å². The number of hydrogen-bond donors (Lipinski definition) is 2. The van der Waals surface area contributed by atoms with Crippen molar-refractivity contribution in [3.63, 3.8) is 0 Å². The number of amides is 1. The molecule has 2 aliphatic rings. The van der Waals surface area contributed by atoms with Crippen molar-refractivity contribution < 1.29 is 27.4 Å². The topological polar surface area (TPSA) is 80.1 Å². The number of anilines is 1. The van der Waals surface area contributed by atoms with Crippen LogP contribution in [0.15, 0.2) is 83.1 Å². The summed E-state index contributed by atoms with van der Waals surface area (Å²) in [5, 5.41) is 2.43. The van der Waals surface area contributed by atoms with Gasteiger partial charge in [-0.15, -0.1) is 0 Å². The standard InChI is InChI=1S/C30H30F3N5O3S/c1-4-8-26(40-16-19-9-6-5-7-10-19)34-18(2)38-13-20-17-41-29-25(42-36-24(20)14-38)15-37(3)28(29)30(39)35-21-11-22(31)27(33)23(32)12-21/h4-12,15,20,24,36H,2,13-14,16-17H2,1,3H3,(H,35,39)/b8-4-,34-26?. The van der Waals surface area contributed by atoms with E-state index in [0.29, 0.717) is 48.7 Å². The van der Waals surface area contributed by atoms with Crippen LogP contribution in [0.3, 0.4) is 0 Å². The average molecular weight is 598 g/mol. The zero-order valence-corrected chi connectivity index (χ0v) is 23.9. The first-order chi connectivity index (χ1) is 20.2. The summed E-state index contributed by atoms with van der Waals surface area (Å²) >= 11 is 1.33. The number of hydrogen-bond acceptors (Lipinski definition) is 7. The Labute approximate surface area is 246 Å². The molecule has 2 aromatic carbocycles. The van der Waals surface area contributed by atoms with Gasteiger partial charge in [0.25, 0.3) is 5.91 Å². The molecule has 5 rings (SSSR count). The minimum absolute atomic E-state index is 0.0458. The van der Waals surface area contributed by atoms with Crippen LogP contribution in [0.1, 0.15) is 23.0 Å². The molecule has 2 N–H and O–H groups in total. The van der Waals surface area contributed by atoms with Crippen LogP contribution in [-0.4, -0.2) is 47.0 Å². The zero-order chi connectivity index (χ0) is 29.8. The van der Waals surface area contributed by atoms with Gasteiger partial charge in [0.1, 0.15) is 12.4 Å². The van der Waals surface area contributed by atoms with Gasteiger partial charge < -0.3 is 24.3 Å². The summed E-state index contributed by atoms with van der Waals surface area (Å²) in [6.07, 6.45) is 5.38. The molecule has 1 fully saturated rings. The third kappa shape index (κ3) is 6.50. The Balaban J connectivity index is 1.25. The first-order valence-corrected chi connectivity index (χ1v) is 14.1. The number of allylic oxidation sites excluding steroid dienone is 1. The molecule has 2 unspecified atom stereocenters. The summed E-state index contributed by atoms with van der Waals surface area (Å²) in [6, 6.07) is 11.3. The summed E-state index contributed by atoms with van der Waals surface area (Å²) in [5.41, 5.74) is 0.986. The summed E-state index contributed by atoms with van der Waals surface area (Å²) in [4.78, 5) is 20.5. The first kappa shape index (κ1) is 29.3. The number of halogens is 3. The third-order valence-electron chi connectivity index (χ3n) is 6.91. The summed E-state index contributed by atoms with van der Waals surface area (Å²) in [7, 11) is 1.67. The molecule has 0 radical (unpaired) electrons. The number of aromatic nitrogens is 1. The minimum atomic E-state index is -1.60. The summed E-state index contributed by atoms with van der Waals surface area (Å²) in [5.74, 6) is -3.64. The molecule has 0 bridgehead atoms. The Hall–Kier alpha value is -4.16. The maximum atomic E-state index is 13.7. The van der Waals surface area contributed by atoms with E-state index in [2.05, 4.69) is 26.5 Å². The second-order valence-corrected chi connectivity index (χ2v) is 10.8. The lowest BCUT2D eigenvalue weighted by Crippen LogP contribution is -2.35. The van der Waals surface area contributed by atoms with Crippen LogP contribution in [0.5, 0.6) is 5.75 Å². The Morgan fingerprint density at radius 1 is 1.24 bits per heavy atom. The quantitative estimate of drug-likeness (QED) is 0.159. The number of carbonyl (C=O) groups is 1. The van der Waals surface area contributed by atoms with E-state index in [1.165, 1.54) is 11.9 Å². The van der Waals surface area contributed by atoms with Crippen molar-refractivity contribution in [1.82, 2.24) is 14.2 Å². The number of aryl methyl sites for hydroxylation is 1. The monoisotopic (exact) mass is 597 g/mol. The van der Waals surface area contributed by atoms with E-state index in [-0.39, 0.29) is 23.3 Å². The van der Waals surface area contributed by atoms with Crippen LogP contribution in [0.2, 0.25) is 0 Å². The largest absolute Gasteiger partial charge is 0.489 e. The fraction of sp³-hybridized carbons (Fsp3) is 0.267. The van der Waals surface area contributed by atoms with Crippen molar-refractivity contribution in [2.24, 2.45) is 18.0 Å². The van der Waals surface area contributed by atoms with Gasteiger partial charge in [0.15, 0.2) is 28.9 Å². The second-order valence-electron chi connectivity index (χ2n) is 9.93. The Morgan fingerprint density at radius 3 is 2.69 bits per heavy atom. The predicted octanol–water partition coefficient (Wildman–Crippen LogP) is 5.65. The van der Waals surface area contributed by atoms with E-state index in [9.17, 15) is 18.0 Å². The SMILES string of the molecule is C=C(N=C(/C=C\C)OCc1ccccc1)N1CC2COc3c(cn(C)c3C(=O)Nc3cc(F)c(F)c(F)c3)SNC2C1. The number of carbonyl (C=O) groups excluding carboxylic acids is 1. The second kappa shape index (κ2) is 12.8. The number of ether oxygens (including phenoxy) is 2. The highest BCUT2D eigenvalue weighted by atomic mass is 32.2. The molecule has 2 atom stereocenters. The number of rotatable bonds is 7. The number of nitrogens with one attached hydrogen (secondary N) is 2. The van der Waals surface area contributed by atoms with E-state index in [0.717, 1.165) is 17.7 Å². The molecule has 2 aliphatic heterocycles. The van der Waals surface area contributed by atoms with Crippen LogP contribution < -0.4 is 14.8 Å². The number of aliphatic imine (C=N–C) groups is 1. The zero-order valence-electron chi connectivity index (χ0n) is 23.1. The van der Waals surface area contributed by atoms with Gasteiger partial charge in [-0.05, 0) is 30.5 Å². The molecule has 0 spiro atoms. The normalized spacial score (nSPS) is 18.6. The van der Waals surface area contributed by atoms with Gasteiger partial charge in [0.05, 0.1) is 11.5 Å². The number of benzene rings is 2. The van der Waals surface area contributed by atoms with Gasteiger partial charge in [-0.1, -0.05) is 43.0 Å². The highest BCUT2D eigenvalue weighted by Gasteiger charge is 2.37. The molecule has 1 amide bonds. The van der Waals surface area contributed by atoms with E-state index in [1.54, 1.807) is 23.9 Å². The molecular weight excluding hydrogens is 567 g/mol. The Bertz CT molecular complexity index is 1520. The number of nitrogens with zero attached hydrogens (tertiary/aromatic N) is 3. The summed E-state index contributed by atoms with van der Waals surface area (Å²) < 4.78 is 57.9. The van der Waals surface area contributed by atoms with Gasteiger partial charge in [-0.2, -0.15) is 4.99 Å². The average Bonchev–Trinajstić information content (AvgIpc) is 3.51. The molecule has 42 heavy (non-hydrogen) atoms. The van der Waals surface area contributed by atoms with Crippen LogP contribution >= 0.6 is 11.9 Å². The van der Waals surface area contributed by atoms with Crippen LogP contribution in [0.4, 0.5) is 18.9 Å². The maximum Gasteiger partial charge on any atom is 0.276 e. The predicted molar refractivity (Wildman–Crippen MR) is 156 cm³/mol. The maximum absolute atomic E-state index is 13.7. The fourth-order valence-corrected chi connectivity index (χ4v) is 5.78. The lowest BCUT2D eigenvalue weighted by atomic mass is 10.1. The van der Waals surface area contributed by atoms with Crippen molar-refractivity contribution in [2.75, 3.05) is 25.0 Å². The van der Waals surface area contributed by atoms with E-state index < -0.39 is 23.4 Å². The fourth-order valence-electron chi connectivity index (χ4n) is 4.77. The van der Waals surface area contributed by atoms with Gasteiger partial charge in [0.2, 0.25) is 5.90 Å². The van der Waals surface area contributed by atoms with Gasteiger partial charge in [-0.3, -0.25) is 9.52 Å². The van der Waals surface area contributed by atoms with Crippen molar-refractivity contribution in [1.29, 1.82) is 0 Å². The van der Waals surface area contributed by atoms with E-state index in [1.807, 2.05) is 43.3 Å². The molecule has 0 saturated carbocycles. The van der Waals surface area contributed by atoms with Crippen molar-refractivity contribution >= 4 is 29.4 Å². The van der Waals surface area contributed by atoms with Gasteiger partial charge in [0, 0.05) is 56.1 Å². The Kier molecular flexibility index (Phi) is 8.93. The highest BCUT2D eigenvalue weighted by molar-refractivity contribution is 7.97. The molecule has 8 nitrogen and oxygen atoms in total. The molecule has 1 saturated heterocycles. The van der Waals surface area contributed by atoms with Crippen LogP contribution in [0.25, 0.3) is 0 Å². The molecule has 1 aromatic heterocycles. The van der Waals surface area contributed by atoms with E-state index in [4.69, 9.17) is 9.47 Å². The molecule has 0 aliphatic carbocycles. The van der Waals surface area contributed by atoms with Gasteiger partial charge >= 0.3 is 0 Å². The number of fused-ring (bicyclic) bond motifs is 2. The van der Waals surface area contributed by atoms with Crippen molar-refractivity contribution in [3.8, 4) is 5.75 Å². The smallest absolute Gasteiger partial charge is 0.276 e. The molecule has 12 heteroatoms. The third-order valence-corrected chi connectivity index (χ3v) is 7.84. The summed E-state index contributed by atoms with van der Waals surface area (Å²) in [6.45, 7) is 8.00. The van der Waals surface area contributed by atoms with Crippen LogP contribution in [-0.2, 0) is 18.4 Å². The van der Waals surface area contributed by atoms with Crippen LogP contribution in [0, 0.1) is 23.4 Å². The first-order valence-electron chi connectivity index (χ1n) is 13.3. The molecule has 220 valence electrons. The molecule has 3 aromatic rings. The van der Waals surface area contributed by atoms with Crippen molar-refractivity contribution in [2.45, 2.75) is 24.5 Å². The lowest BCUT2D eigenvalue weighted by molar-refractivity contribution is 0.101. The Morgan fingerprint density at radius 2 is 1.98 bits per heavy atom. The highest BCUT2D eigenvalue weighted by Crippen LogP contribution is 2.38. The number of likely N-dealkylation sites (tertiary alicyclic amines) is 1. The van der Waals surface area contributed by atoms with E-state index >= 15 is 0 Å². The minimum Gasteiger partial charge on any atom is -0.489 e. The molecule has 3 heterocycles. The van der Waals surface area contributed by atoms with Crippen molar-refractivity contribution in [3.05, 3.63) is 102 Å². The molecular formula is C30H30F3N5O3S. The lowest BCUT2D eigenvalue weighted by Gasteiger charge is -2.23.